The minimum Gasteiger partial charge on any atom is -0.426 e. The fraction of sp³-hybridized carbons (Fsp3) is 0.150. The lowest BCUT2D eigenvalue weighted by molar-refractivity contribution is -0.134. The van der Waals surface area contributed by atoms with Gasteiger partial charge < -0.3 is 4.74 Å². The molecule has 0 aliphatic heterocycles. The van der Waals surface area contributed by atoms with Crippen LogP contribution in [0.2, 0.25) is 0 Å². The van der Waals surface area contributed by atoms with E-state index in [2.05, 4.69) is 0 Å². The van der Waals surface area contributed by atoms with Crippen molar-refractivity contribution in [3.8, 4) is 0 Å². The highest BCUT2D eigenvalue weighted by molar-refractivity contribution is 7.98. The number of hydrogen-bond donors (Lipinski definition) is 0. The first-order valence-corrected chi connectivity index (χ1v) is 8.88. The number of benzene rings is 2. The van der Waals surface area contributed by atoms with Gasteiger partial charge in [0, 0.05) is 34.6 Å². The van der Waals surface area contributed by atoms with Crippen LogP contribution >= 0.6 is 11.8 Å². The Balaban J connectivity index is 2.17. The van der Waals surface area contributed by atoms with Crippen LogP contribution in [0.3, 0.4) is 0 Å². The Morgan fingerprint density at radius 2 is 1.84 bits per heavy atom. The highest BCUT2D eigenvalue weighted by atomic mass is 32.2. The van der Waals surface area contributed by atoms with E-state index in [0.717, 1.165) is 16.5 Å². The van der Waals surface area contributed by atoms with Crippen molar-refractivity contribution in [3.05, 3.63) is 70.3 Å². The molecule has 0 aromatic heterocycles. The summed E-state index contributed by atoms with van der Waals surface area (Å²) < 4.78 is 33.4. The molecule has 1 aliphatic carbocycles. The van der Waals surface area contributed by atoms with Gasteiger partial charge in [-0.3, -0.25) is 4.79 Å². The summed E-state index contributed by atoms with van der Waals surface area (Å²) in [6.45, 7) is 3.00. The molecule has 2 nitrogen and oxygen atoms in total. The van der Waals surface area contributed by atoms with E-state index in [1.165, 1.54) is 13.0 Å². The number of esters is 1. The lowest BCUT2D eigenvalue weighted by Crippen LogP contribution is -1.99. The zero-order valence-electron chi connectivity index (χ0n) is 14.0. The molecule has 2 aromatic rings. The van der Waals surface area contributed by atoms with E-state index in [1.807, 2.05) is 36.6 Å². The molecule has 0 heterocycles. The Morgan fingerprint density at radius 3 is 2.44 bits per heavy atom. The largest absolute Gasteiger partial charge is 0.426 e. The number of halogens is 2. The second-order valence-electron chi connectivity index (χ2n) is 5.69. The first-order chi connectivity index (χ1) is 11.9. The lowest BCUT2D eigenvalue weighted by Gasteiger charge is -2.06. The van der Waals surface area contributed by atoms with Crippen LogP contribution in [0.5, 0.6) is 0 Å². The van der Waals surface area contributed by atoms with Gasteiger partial charge in [-0.1, -0.05) is 12.1 Å². The summed E-state index contributed by atoms with van der Waals surface area (Å²) in [6, 6.07) is 9.83. The molecule has 5 heteroatoms. The van der Waals surface area contributed by atoms with Gasteiger partial charge in [-0.15, -0.1) is 11.8 Å². The van der Waals surface area contributed by atoms with E-state index in [0.29, 0.717) is 11.1 Å². The molecule has 3 rings (SSSR count). The topological polar surface area (TPSA) is 26.3 Å². The summed E-state index contributed by atoms with van der Waals surface area (Å²) in [6.07, 6.45) is 3.80. The molecule has 0 radical (unpaired) electrons. The molecule has 0 saturated carbocycles. The van der Waals surface area contributed by atoms with Crippen molar-refractivity contribution < 1.29 is 18.3 Å². The smallest absolute Gasteiger partial charge is 0.308 e. The van der Waals surface area contributed by atoms with Crippen LogP contribution in [0, 0.1) is 11.6 Å². The van der Waals surface area contributed by atoms with Crippen LogP contribution in [0.25, 0.3) is 17.4 Å². The zero-order chi connectivity index (χ0) is 18.1. The van der Waals surface area contributed by atoms with Crippen molar-refractivity contribution in [1.29, 1.82) is 0 Å². The average Bonchev–Trinajstić information content (AvgIpc) is 2.81. The van der Waals surface area contributed by atoms with Gasteiger partial charge in [0.25, 0.3) is 0 Å². The highest BCUT2D eigenvalue weighted by Gasteiger charge is 2.30. The Kier molecular flexibility index (Phi) is 4.77. The third-order valence-electron chi connectivity index (χ3n) is 3.99. The quantitative estimate of drug-likeness (QED) is 0.533. The summed E-state index contributed by atoms with van der Waals surface area (Å²) in [5, 5.41) is 0. The minimum atomic E-state index is -0.709. The summed E-state index contributed by atoms with van der Waals surface area (Å²) in [4.78, 5) is 12.5. The first kappa shape index (κ1) is 17.4. The van der Waals surface area contributed by atoms with Gasteiger partial charge in [-0.25, -0.2) is 8.78 Å². The second-order valence-corrected chi connectivity index (χ2v) is 6.57. The maximum absolute atomic E-state index is 14.5. The molecule has 0 bridgehead atoms. The molecule has 0 saturated heterocycles. The predicted octanol–water partition coefficient (Wildman–Crippen LogP) is 5.54. The Labute approximate surface area is 149 Å². The molecular formula is C20H16F2O2S. The Bertz CT molecular complexity index is 912. The van der Waals surface area contributed by atoms with Crippen molar-refractivity contribution in [2.75, 3.05) is 6.26 Å². The van der Waals surface area contributed by atoms with E-state index in [9.17, 15) is 13.6 Å². The van der Waals surface area contributed by atoms with Crippen molar-refractivity contribution in [2.24, 2.45) is 0 Å². The number of allylic oxidation sites excluding steroid dienone is 2. The standard InChI is InChI=1S/C20H16F2O2S/c1-11-16(8-13-4-6-15(25-3)7-5-13)19-17(20(11)24-12(2)23)9-14(21)10-18(19)22/h4-10H,1-3H3. The van der Waals surface area contributed by atoms with Gasteiger partial charge in [-0.05, 0) is 48.6 Å². The fourth-order valence-corrected chi connectivity index (χ4v) is 3.27. The fourth-order valence-electron chi connectivity index (χ4n) is 2.86. The molecule has 0 spiro atoms. The van der Waals surface area contributed by atoms with Crippen molar-refractivity contribution in [1.82, 2.24) is 0 Å². The molecule has 0 fully saturated rings. The van der Waals surface area contributed by atoms with Crippen LogP contribution in [-0.4, -0.2) is 12.2 Å². The van der Waals surface area contributed by atoms with Gasteiger partial charge in [-0.2, -0.15) is 0 Å². The lowest BCUT2D eigenvalue weighted by atomic mass is 10.00. The molecule has 2 aromatic carbocycles. The number of rotatable bonds is 3. The molecule has 0 unspecified atom stereocenters. The monoisotopic (exact) mass is 358 g/mol. The third kappa shape index (κ3) is 3.37. The molecule has 128 valence electrons. The molecule has 0 amide bonds. The van der Waals surface area contributed by atoms with Gasteiger partial charge in [0.05, 0.1) is 0 Å². The van der Waals surface area contributed by atoms with E-state index in [4.69, 9.17) is 4.74 Å². The SMILES string of the molecule is CSc1ccc(C=C2C(C)=C(OC(C)=O)c3cc(F)cc(F)c32)cc1. The number of ether oxygens (including phenoxy) is 1. The van der Waals surface area contributed by atoms with Crippen molar-refractivity contribution >= 4 is 35.1 Å². The van der Waals surface area contributed by atoms with Crippen LogP contribution in [-0.2, 0) is 9.53 Å². The average molecular weight is 358 g/mol. The number of carbonyl (C=O) groups is 1. The van der Waals surface area contributed by atoms with Crippen LogP contribution in [0.15, 0.2) is 46.9 Å². The number of thioether (sulfide) groups is 1. The molecule has 0 N–H and O–H groups in total. The Hall–Kier alpha value is -2.40. The number of hydrogen-bond acceptors (Lipinski definition) is 3. The van der Waals surface area contributed by atoms with Crippen molar-refractivity contribution in [3.63, 3.8) is 0 Å². The van der Waals surface area contributed by atoms with Crippen LogP contribution in [0.4, 0.5) is 8.78 Å². The zero-order valence-corrected chi connectivity index (χ0v) is 14.8. The maximum atomic E-state index is 14.5. The highest BCUT2D eigenvalue weighted by Crippen LogP contribution is 2.44. The van der Waals surface area contributed by atoms with E-state index < -0.39 is 17.6 Å². The van der Waals surface area contributed by atoms with E-state index in [1.54, 1.807) is 18.7 Å². The van der Waals surface area contributed by atoms with Crippen LogP contribution < -0.4 is 0 Å². The maximum Gasteiger partial charge on any atom is 0.308 e. The number of fused-ring (bicyclic) bond motifs is 1. The third-order valence-corrected chi connectivity index (χ3v) is 4.73. The molecular weight excluding hydrogens is 342 g/mol. The molecule has 1 aliphatic rings. The van der Waals surface area contributed by atoms with Crippen molar-refractivity contribution in [2.45, 2.75) is 18.7 Å². The summed E-state index contributed by atoms with van der Waals surface area (Å²) in [5.74, 6) is -1.72. The molecule has 25 heavy (non-hydrogen) atoms. The number of carbonyl (C=O) groups excluding carboxylic acids is 1. The van der Waals surface area contributed by atoms with Gasteiger partial charge in [0.1, 0.15) is 17.4 Å². The minimum absolute atomic E-state index is 0.202. The summed E-state index contributed by atoms with van der Waals surface area (Å²) in [7, 11) is 0. The first-order valence-electron chi connectivity index (χ1n) is 7.66. The normalized spacial score (nSPS) is 14.8. The molecule has 0 atom stereocenters. The predicted molar refractivity (Wildman–Crippen MR) is 96.8 cm³/mol. The van der Waals surface area contributed by atoms with Gasteiger partial charge >= 0.3 is 5.97 Å². The second kappa shape index (κ2) is 6.84. The summed E-state index contributed by atoms with van der Waals surface area (Å²) in [5.41, 5.74) is 2.58. The van der Waals surface area contributed by atoms with Gasteiger partial charge in [0.2, 0.25) is 0 Å². The Morgan fingerprint density at radius 1 is 1.16 bits per heavy atom. The van der Waals surface area contributed by atoms with Crippen LogP contribution in [0.1, 0.15) is 30.5 Å². The van der Waals surface area contributed by atoms with Gasteiger partial charge in [0.15, 0.2) is 0 Å². The van der Waals surface area contributed by atoms with E-state index >= 15 is 0 Å². The van der Waals surface area contributed by atoms with E-state index in [-0.39, 0.29) is 16.9 Å². The summed E-state index contributed by atoms with van der Waals surface area (Å²) >= 11 is 1.63.